The van der Waals surface area contributed by atoms with Crippen LogP contribution in [0.25, 0.3) is 0 Å². The molecule has 3 rings (SSSR count). The number of benzene rings is 3. The Hall–Kier alpha value is -3.52. The number of anilines is 4. The summed E-state index contributed by atoms with van der Waals surface area (Å²) >= 11 is 0. The van der Waals surface area contributed by atoms with Gasteiger partial charge >= 0.3 is 6.03 Å². The molecule has 0 unspecified atom stereocenters. The van der Waals surface area contributed by atoms with Crippen molar-refractivity contribution in [3.8, 4) is 0 Å². The number of nitrogens with zero attached hydrogens (tertiary/aromatic N) is 3. The van der Waals surface area contributed by atoms with E-state index in [0.29, 0.717) is 11.4 Å². The summed E-state index contributed by atoms with van der Waals surface area (Å²) in [6.45, 7) is 11.6. The van der Waals surface area contributed by atoms with Crippen LogP contribution < -0.4 is 19.4 Å². The van der Waals surface area contributed by atoms with Gasteiger partial charge in [0.2, 0.25) is 0 Å². The van der Waals surface area contributed by atoms with Gasteiger partial charge in [-0.15, -0.1) is 0 Å². The van der Waals surface area contributed by atoms with Gasteiger partial charge in [-0.1, -0.05) is 17.7 Å². The molecular formula is C28H36N4O3S. The van der Waals surface area contributed by atoms with E-state index in [-0.39, 0.29) is 4.90 Å². The lowest BCUT2D eigenvalue weighted by Gasteiger charge is -2.29. The molecule has 1 N–H and O–H groups in total. The van der Waals surface area contributed by atoms with Gasteiger partial charge < -0.3 is 9.80 Å². The number of nitrogens with one attached hydrogen (secondary N) is 1. The molecule has 3 aromatic rings. The summed E-state index contributed by atoms with van der Waals surface area (Å²) in [6.07, 6.45) is 0. The maximum absolute atomic E-state index is 13.7. The highest BCUT2D eigenvalue weighted by atomic mass is 32.2. The molecule has 7 nitrogen and oxygen atoms in total. The molecule has 192 valence electrons. The summed E-state index contributed by atoms with van der Waals surface area (Å²) in [6, 6.07) is 17.3. The smallest absolute Gasteiger partial charge is 0.340 e. The summed E-state index contributed by atoms with van der Waals surface area (Å²) in [4.78, 5) is 19.4. The van der Waals surface area contributed by atoms with Gasteiger partial charge in [-0.3, -0.25) is 4.90 Å². The van der Waals surface area contributed by atoms with E-state index in [2.05, 4.69) is 23.5 Å². The average Bonchev–Trinajstić information content (AvgIpc) is 2.82. The first-order valence-corrected chi connectivity index (χ1v) is 13.5. The van der Waals surface area contributed by atoms with E-state index in [1.807, 2.05) is 76.2 Å². The van der Waals surface area contributed by atoms with Gasteiger partial charge in [0.1, 0.15) is 0 Å². The van der Waals surface area contributed by atoms with Crippen LogP contribution in [0.3, 0.4) is 0 Å². The Bertz CT molecular complexity index is 1330. The first-order chi connectivity index (χ1) is 17.0. The lowest BCUT2D eigenvalue weighted by Crippen LogP contribution is -2.41. The Balaban J connectivity index is 2.10. The third kappa shape index (κ3) is 5.82. The maximum Gasteiger partial charge on any atom is 0.340 e. The number of urea groups is 1. The van der Waals surface area contributed by atoms with E-state index in [1.165, 1.54) is 17.0 Å². The van der Waals surface area contributed by atoms with Gasteiger partial charge in [-0.25, -0.2) is 17.9 Å². The third-order valence-electron chi connectivity index (χ3n) is 6.24. The zero-order chi connectivity index (χ0) is 26.6. The fraction of sp³-hybridized carbons (Fsp3) is 0.321. The lowest BCUT2D eigenvalue weighted by molar-refractivity contribution is 0.253. The average molecular weight is 509 g/mol. The van der Waals surface area contributed by atoms with Crippen LogP contribution in [0.2, 0.25) is 0 Å². The van der Waals surface area contributed by atoms with Crippen molar-refractivity contribution in [3.63, 3.8) is 0 Å². The monoisotopic (exact) mass is 508 g/mol. The van der Waals surface area contributed by atoms with E-state index in [1.54, 1.807) is 12.1 Å². The summed E-state index contributed by atoms with van der Waals surface area (Å²) in [5, 5.41) is 0. The molecule has 0 aromatic heterocycles. The molecule has 0 atom stereocenters. The topological polar surface area (TPSA) is 73.0 Å². The second-order valence-corrected chi connectivity index (χ2v) is 10.7. The quantitative estimate of drug-likeness (QED) is 0.419. The van der Waals surface area contributed by atoms with Crippen LogP contribution in [0.1, 0.15) is 30.5 Å². The van der Waals surface area contributed by atoms with Crippen molar-refractivity contribution in [1.82, 2.24) is 4.72 Å². The molecule has 0 saturated carbocycles. The Morgan fingerprint density at radius 3 is 1.75 bits per heavy atom. The van der Waals surface area contributed by atoms with E-state index in [0.717, 1.165) is 41.2 Å². The van der Waals surface area contributed by atoms with Gasteiger partial charge in [-0.05, 0) is 94.3 Å². The number of aryl methyl sites for hydroxylation is 3. The molecule has 0 fully saturated rings. The second-order valence-electron chi connectivity index (χ2n) is 9.07. The summed E-state index contributed by atoms with van der Waals surface area (Å²) in [7, 11) is -0.177. The predicted octanol–water partition coefficient (Wildman–Crippen LogP) is 5.76. The second kappa shape index (κ2) is 11.0. The molecule has 0 aliphatic heterocycles. The summed E-state index contributed by atoms with van der Waals surface area (Å²) in [5.74, 6) is 0. The highest BCUT2D eigenvalue weighted by Crippen LogP contribution is 2.35. The van der Waals surface area contributed by atoms with E-state index in [4.69, 9.17) is 0 Å². The molecule has 0 saturated heterocycles. The maximum atomic E-state index is 13.7. The van der Waals surface area contributed by atoms with Crippen LogP contribution in [-0.4, -0.2) is 41.6 Å². The minimum Gasteiger partial charge on any atom is -0.378 e. The Labute approximate surface area is 215 Å². The number of rotatable bonds is 8. The molecule has 36 heavy (non-hydrogen) atoms. The summed E-state index contributed by atoms with van der Waals surface area (Å²) < 4.78 is 28.4. The first kappa shape index (κ1) is 27.1. The van der Waals surface area contributed by atoms with Gasteiger partial charge in [0.15, 0.2) is 0 Å². The number of carbonyl (C=O) groups excluding carboxylic acids is 1. The zero-order valence-corrected chi connectivity index (χ0v) is 23.0. The Morgan fingerprint density at radius 2 is 1.28 bits per heavy atom. The number of hydrogen-bond donors (Lipinski definition) is 1. The molecule has 8 heteroatoms. The van der Waals surface area contributed by atoms with Crippen molar-refractivity contribution in [2.24, 2.45) is 0 Å². The van der Waals surface area contributed by atoms with Crippen molar-refractivity contribution in [3.05, 3.63) is 77.4 Å². The normalized spacial score (nSPS) is 11.2. The molecule has 0 heterocycles. The summed E-state index contributed by atoms with van der Waals surface area (Å²) in [5.41, 5.74) is 5.89. The van der Waals surface area contributed by atoms with E-state index >= 15 is 0 Å². The molecule has 0 radical (unpaired) electrons. The molecule has 0 spiro atoms. The molecule has 2 amide bonds. The van der Waals surface area contributed by atoms with Crippen molar-refractivity contribution in [1.29, 1.82) is 0 Å². The SMILES string of the molecule is CCN(CC)c1ccc(N(C(=O)NS(=O)(=O)c2ccc(C)cc2)c2ccc(N(C)C)cc2C)c(C)c1. The van der Waals surface area contributed by atoms with Crippen molar-refractivity contribution in [2.45, 2.75) is 39.5 Å². The minimum absolute atomic E-state index is 0.0367. The van der Waals surface area contributed by atoms with Gasteiger partial charge in [0.05, 0.1) is 16.3 Å². The first-order valence-electron chi connectivity index (χ1n) is 12.1. The third-order valence-corrected chi connectivity index (χ3v) is 7.58. The largest absolute Gasteiger partial charge is 0.378 e. The van der Waals surface area contributed by atoms with Crippen LogP contribution >= 0.6 is 0 Å². The number of amides is 2. The lowest BCUT2D eigenvalue weighted by atomic mass is 10.1. The highest BCUT2D eigenvalue weighted by Gasteiger charge is 2.27. The fourth-order valence-electron chi connectivity index (χ4n) is 4.13. The molecule has 0 bridgehead atoms. The Morgan fingerprint density at radius 1 is 0.778 bits per heavy atom. The van der Waals surface area contributed by atoms with Crippen LogP contribution in [0.15, 0.2) is 65.6 Å². The molecule has 0 aliphatic carbocycles. The van der Waals surface area contributed by atoms with Gasteiger partial charge in [0, 0.05) is 38.6 Å². The highest BCUT2D eigenvalue weighted by molar-refractivity contribution is 7.90. The van der Waals surface area contributed by atoms with E-state index < -0.39 is 16.1 Å². The van der Waals surface area contributed by atoms with Gasteiger partial charge in [-0.2, -0.15) is 0 Å². The number of sulfonamides is 1. The van der Waals surface area contributed by atoms with E-state index in [9.17, 15) is 13.2 Å². The predicted molar refractivity (Wildman–Crippen MR) is 149 cm³/mol. The van der Waals surface area contributed by atoms with Crippen LogP contribution in [0, 0.1) is 20.8 Å². The van der Waals surface area contributed by atoms with Crippen LogP contribution in [-0.2, 0) is 10.0 Å². The fourth-order valence-corrected chi connectivity index (χ4v) is 5.06. The Kier molecular flexibility index (Phi) is 8.30. The minimum atomic E-state index is -4.07. The molecule has 0 aliphatic rings. The van der Waals surface area contributed by atoms with Crippen molar-refractivity contribution in [2.75, 3.05) is 41.9 Å². The van der Waals surface area contributed by atoms with Crippen molar-refractivity contribution >= 4 is 38.8 Å². The zero-order valence-electron chi connectivity index (χ0n) is 22.2. The van der Waals surface area contributed by atoms with Crippen molar-refractivity contribution < 1.29 is 13.2 Å². The van der Waals surface area contributed by atoms with Crippen LogP contribution in [0.4, 0.5) is 27.5 Å². The molecule has 3 aromatic carbocycles. The van der Waals surface area contributed by atoms with Gasteiger partial charge in [0.25, 0.3) is 10.0 Å². The number of carbonyl (C=O) groups is 1. The standard InChI is InChI=1S/C28H36N4O3S/c1-8-31(9-2)24-13-17-27(22(5)19-24)32(26-16-12-23(30(6)7)18-21(26)4)28(33)29-36(34,35)25-14-10-20(3)11-15-25/h10-19H,8-9H2,1-7H3,(H,29,33). The van der Waals surface area contributed by atoms with Crippen LogP contribution in [0.5, 0.6) is 0 Å². The number of hydrogen-bond acceptors (Lipinski definition) is 5. The molecular weight excluding hydrogens is 472 g/mol.